The molecule has 0 radical (unpaired) electrons. The molecule has 7 nitrogen and oxygen atoms in total. The minimum Gasteiger partial charge on any atom is -0.370 e. The summed E-state index contributed by atoms with van der Waals surface area (Å²) in [6.45, 7) is 5.76. The summed E-state index contributed by atoms with van der Waals surface area (Å²) in [7, 11) is 0. The van der Waals surface area contributed by atoms with E-state index in [1.807, 2.05) is 19.9 Å². The van der Waals surface area contributed by atoms with Crippen LogP contribution in [0.25, 0.3) is 0 Å². The number of nitrogens with zero attached hydrogens (tertiary/aromatic N) is 3. The fourth-order valence-corrected chi connectivity index (χ4v) is 1.87. The third-order valence-corrected chi connectivity index (χ3v) is 2.85. The van der Waals surface area contributed by atoms with Crippen molar-refractivity contribution >= 4 is 17.7 Å². The number of carbonyl (C=O) groups excluding carboxylic acids is 1. The fourth-order valence-electron chi connectivity index (χ4n) is 1.87. The van der Waals surface area contributed by atoms with Crippen LogP contribution in [0.2, 0.25) is 0 Å². The van der Waals surface area contributed by atoms with Gasteiger partial charge in [0, 0.05) is 49.4 Å². The Labute approximate surface area is 129 Å². The maximum atomic E-state index is 11.8. The molecule has 7 heteroatoms. The van der Waals surface area contributed by atoms with Gasteiger partial charge in [-0.05, 0) is 26.0 Å². The predicted molar refractivity (Wildman–Crippen MR) is 86.0 cm³/mol. The van der Waals surface area contributed by atoms with E-state index < -0.39 is 0 Å². The second-order valence-electron chi connectivity index (χ2n) is 4.67. The Morgan fingerprint density at radius 3 is 2.64 bits per heavy atom. The third-order valence-electron chi connectivity index (χ3n) is 2.85. The Balaban J connectivity index is 1.80. The third kappa shape index (κ3) is 4.69. The van der Waals surface area contributed by atoms with E-state index in [-0.39, 0.29) is 5.91 Å². The van der Waals surface area contributed by atoms with Crippen molar-refractivity contribution < 1.29 is 4.79 Å². The Morgan fingerprint density at radius 1 is 1.14 bits per heavy atom. The molecule has 0 aromatic carbocycles. The molecule has 2 rings (SSSR count). The summed E-state index contributed by atoms with van der Waals surface area (Å²) < 4.78 is 0. The molecule has 0 aliphatic rings. The Morgan fingerprint density at radius 2 is 1.91 bits per heavy atom. The molecule has 0 fully saturated rings. The molecule has 2 aromatic heterocycles. The zero-order valence-electron chi connectivity index (χ0n) is 12.8. The molecule has 22 heavy (non-hydrogen) atoms. The molecule has 2 aromatic rings. The molecule has 0 bridgehead atoms. The molecular formula is C15H20N6O. The van der Waals surface area contributed by atoms with Crippen molar-refractivity contribution in [2.45, 2.75) is 13.8 Å². The first-order valence-electron chi connectivity index (χ1n) is 7.20. The van der Waals surface area contributed by atoms with Crippen LogP contribution >= 0.6 is 0 Å². The molecule has 0 saturated carbocycles. The summed E-state index contributed by atoms with van der Waals surface area (Å²) in [5.41, 5.74) is 1.48. The zero-order chi connectivity index (χ0) is 15.8. The summed E-state index contributed by atoms with van der Waals surface area (Å²) in [5, 5.41) is 9.08. The minimum atomic E-state index is -0.123. The number of carbonyl (C=O) groups is 1. The lowest BCUT2D eigenvalue weighted by molar-refractivity contribution is 0.0955. The van der Waals surface area contributed by atoms with E-state index in [1.165, 1.54) is 0 Å². The molecule has 0 aliphatic carbocycles. The zero-order valence-corrected chi connectivity index (χ0v) is 12.8. The predicted octanol–water partition coefficient (Wildman–Crippen LogP) is 1.45. The van der Waals surface area contributed by atoms with Gasteiger partial charge in [0.15, 0.2) is 0 Å². The van der Waals surface area contributed by atoms with Crippen LogP contribution in [-0.4, -0.2) is 40.5 Å². The molecule has 1 amide bonds. The van der Waals surface area contributed by atoms with E-state index in [4.69, 9.17) is 0 Å². The van der Waals surface area contributed by atoms with E-state index in [0.29, 0.717) is 24.6 Å². The number of rotatable bonds is 7. The lowest BCUT2D eigenvalue weighted by Crippen LogP contribution is -2.29. The highest BCUT2D eigenvalue weighted by molar-refractivity contribution is 5.93. The lowest BCUT2D eigenvalue weighted by atomic mass is 10.2. The molecule has 0 aliphatic heterocycles. The van der Waals surface area contributed by atoms with Crippen LogP contribution in [0.3, 0.4) is 0 Å². The van der Waals surface area contributed by atoms with E-state index in [0.717, 1.165) is 18.1 Å². The van der Waals surface area contributed by atoms with Crippen LogP contribution in [0, 0.1) is 6.92 Å². The highest BCUT2D eigenvalue weighted by Gasteiger charge is 2.04. The van der Waals surface area contributed by atoms with Crippen molar-refractivity contribution in [1.29, 1.82) is 0 Å². The summed E-state index contributed by atoms with van der Waals surface area (Å²) in [5.74, 6) is 1.22. The average molecular weight is 300 g/mol. The number of hydrogen-bond acceptors (Lipinski definition) is 6. The van der Waals surface area contributed by atoms with Crippen molar-refractivity contribution in [3.05, 3.63) is 41.9 Å². The maximum Gasteiger partial charge on any atom is 0.251 e. The number of aryl methyl sites for hydroxylation is 1. The number of nitrogens with one attached hydrogen (secondary N) is 3. The summed E-state index contributed by atoms with van der Waals surface area (Å²) >= 11 is 0. The van der Waals surface area contributed by atoms with E-state index in [9.17, 15) is 4.79 Å². The van der Waals surface area contributed by atoms with Crippen LogP contribution < -0.4 is 16.0 Å². The van der Waals surface area contributed by atoms with Gasteiger partial charge in [-0.2, -0.15) is 4.98 Å². The van der Waals surface area contributed by atoms with Crippen molar-refractivity contribution in [3.63, 3.8) is 0 Å². The van der Waals surface area contributed by atoms with Gasteiger partial charge in [0.05, 0.1) is 0 Å². The first kappa shape index (κ1) is 15.7. The average Bonchev–Trinajstić information content (AvgIpc) is 2.52. The lowest BCUT2D eigenvalue weighted by Gasteiger charge is -2.09. The standard InChI is InChI=1S/C15H20N6O/c1-3-17-13-10-11(2)20-15(21-13)19-9-8-18-14(22)12-4-6-16-7-5-12/h4-7,10H,3,8-9H2,1-2H3,(H,18,22)(H2,17,19,20,21). The first-order valence-corrected chi connectivity index (χ1v) is 7.20. The Kier molecular flexibility index (Phi) is 5.65. The van der Waals surface area contributed by atoms with Crippen LogP contribution in [0.5, 0.6) is 0 Å². The smallest absolute Gasteiger partial charge is 0.251 e. The van der Waals surface area contributed by atoms with Crippen LogP contribution in [0.1, 0.15) is 23.0 Å². The highest BCUT2D eigenvalue weighted by Crippen LogP contribution is 2.08. The van der Waals surface area contributed by atoms with Crippen LogP contribution in [0.4, 0.5) is 11.8 Å². The van der Waals surface area contributed by atoms with Gasteiger partial charge >= 0.3 is 0 Å². The molecule has 116 valence electrons. The Bertz CT molecular complexity index is 617. The van der Waals surface area contributed by atoms with Crippen molar-refractivity contribution in [2.24, 2.45) is 0 Å². The quantitative estimate of drug-likeness (QED) is 0.670. The molecule has 0 atom stereocenters. The summed E-state index contributed by atoms with van der Waals surface area (Å²) in [4.78, 5) is 24.4. The van der Waals surface area contributed by atoms with Gasteiger partial charge in [-0.3, -0.25) is 9.78 Å². The fraction of sp³-hybridized carbons (Fsp3) is 0.333. The van der Waals surface area contributed by atoms with E-state index in [1.54, 1.807) is 24.5 Å². The van der Waals surface area contributed by atoms with E-state index >= 15 is 0 Å². The van der Waals surface area contributed by atoms with Gasteiger partial charge in [-0.15, -0.1) is 0 Å². The largest absolute Gasteiger partial charge is 0.370 e. The van der Waals surface area contributed by atoms with Crippen LogP contribution in [-0.2, 0) is 0 Å². The number of pyridine rings is 1. The molecule has 0 spiro atoms. The molecule has 3 N–H and O–H groups in total. The van der Waals surface area contributed by atoms with E-state index in [2.05, 4.69) is 30.9 Å². The minimum absolute atomic E-state index is 0.123. The van der Waals surface area contributed by atoms with Gasteiger partial charge in [-0.25, -0.2) is 4.98 Å². The van der Waals surface area contributed by atoms with Gasteiger partial charge in [-0.1, -0.05) is 0 Å². The van der Waals surface area contributed by atoms with Crippen molar-refractivity contribution in [3.8, 4) is 0 Å². The SMILES string of the molecule is CCNc1cc(C)nc(NCCNC(=O)c2ccncc2)n1. The second kappa shape index (κ2) is 7.92. The summed E-state index contributed by atoms with van der Waals surface area (Å²) in [6, 6.07) is 5.24. The molecule has 2 heterocycles. The number of anilines is 2. The highest BCUT2D eigenvalue weighted by atomic mass is 16.1. The van der Waals surface area contributed by atoms with Gasteiger partial charge < -0.3 is 16.0 Å². The molecule has 0 unspecified atom stereocenters. The number of hydrogen-bond donors (Lipinski definition) is 3. The molecular weight excluding hydrogens is 280 g/mol. The van der Waals surface area contributed by atoms with Gasteiger partial charge in [0.25, 0.3) is 5.91 Å². The monoisotopic (exact) mass is 300 g/mol. The number of amides is 1. The van der Waals surface area contributed by atoms with Crippen molar-refractivity contribution in [2.75, 3.05) is 30.3 Å². The maximum absolute atomic E-state index is 11.8. The Hall–Kier alpha value is -2.70. The van der Waals surface area contributed by atoms with Crippen LogP contribution in [0.15, 0.2) is 30.6 Å². The normalized spacial score (nSPS) is 10.1. The first-order chi connectivity index (χ1) is 10.7. The van der Waals surface area contributed by atoms with Gasteiger partial charge in [0.2, 0.25) is 5.95 Å². The van der Waals surface area contributed by atoms with Crippen molar-refractivity contribution in [1.82, 2.24) is 20.3 Å². The van der Waals surface area contributed by atoms with Gasteiger partial charge in [0.1, 0.15) is 5.82 Å². The molecule has 0 saturated heterocycles. The number of aromatic nitrogens is 3. The summed E-state index contributed by atoms with van der Waals surface area (Å²) in [6.07, 6.45) is 3.19. The second-order valence-corrected chi connectivity index (χ2v) is 4.67. The topological polar surface area (TPSA) is 91.8 Å².